The van der Waals surface area contributed by atoms with E-state index >= 15 is 0 Å². The Balaban J connectivity index is 1.28. The third-order valence-electron chi connectivity index (χ3n) is 5.93. The highest BCUT2D eigenvalue weighted by molar-refractivity contribution is 5.83. The van der Waals surface area contributed by atoms with E-state index in [1.165, 1.54) is 10.9 Å². The molecule has 2 fully saturated rings. The van der Waals surface area contributed by atoms with Crippen molar-refractivity contribution >= 4 is 22.8 Å². The molecule has 4 rings (SSSR count). The number of fused-ring (bicyclic) bond motifs is 1. The fraction of sp³-hybridized carbons (Fsp3) is 0.565. The molecule has 0 spiro atoms. The van der Waals surface area contributed by atoms with E-state index in [0.29, 0.717) is 6.61 Å². The van der Waals surface area contributed by atoms with Crippen molar-refractivity contribution in [3.63, 3.8) is 0 Å². The number of carbonyl (C=O) groups is 1. The molecule has 7 heteroatoms. The van der Waals surface area contributed by atoms with Crippen molar-refractivity contribution < 1.29 is 9.53 Å². The Morgan fingerprint density at radius 3 is 2.73 bits per heavy atom. The number of rotatable bonds is 6. The van der Waals surface area contributed by atoms with Gasteiger partial charge >= 0.3 is 0 Å². The number of para-hydroxylation sites is 1. The van der Waals surface area contributed by atoms with Gasteiger partial charge in [-0.3, -0.25) is 9.79 Å². The number of nitrogens with zero attached hydrogens (tertiary/aromatic N) is 4. The number of aryl methyl sites for hydroxylation is 1. The topological polar surface area (TPSA) is 62.1 Å². The highest BCUT2D eigenvalue weighted by Crippen LogP contribution is 2.17. The van der Waals surface area contributed by atoms with Crippen LogP contribution in [0.15, 0.2) is 41.5 Å². The Bertz CT molecular complexity index is 863. The van der Waals surface area contributed by atoms with Crippen LogP contribution >= 0.6 is 0 Å². The lowest BCUT2D eigenvalue weighted by molar-refractivity contribution is -0.142. The molecule has 0 radical (unpaired) electrons. The first-order valence-corrected chi connectivity index (χ1v) is 11.2. The minimum atomic E-state index is -0.219. The highest BCUT2D eigenvalue weighted by atomic mass is 16.5. The summed E-state index contributed by atoms with van der Waals surface area (Å²) in [7, 11) is 0. The van der Waals surface area contributed by atoms with Gasteiger partial charge in [0.15, 0.2) is 5.96 Å². The predicted octanol–water partition coefficient (Wildman–Crippen LogP) is 2.32. The van der Waals surface area contributed by atoms with Crippen molar-refractivity contribution in [1.82, 2.24) is 19.7 Å². The first-order chi connectivity index (χ1) is 14.8. The number of ether oxygens (including phenoxy) is 1. The zero-order chi connectivity index (χ0) is 20.8. The summed E-state index contributed by atoms with van der Waals surface area (Å²) >= 11 is 0. The summed E-state index contributed by atoms with van der Waals surface area (Å²) in [5, 5.41) is 4.70. The van der Waals surface area contributed by atoms with Crippen LogP contribution in [0.3, 0.4) is 0 Å². The van der Waals surface area contributed by atoms with Gasteiger partial charge in [-0.1, -0.05) is 18.2 Å². The number of amides is 1. The number of hydrogen-bond donors (Lipinski definition) is 1. The Hall–Kier alpha value is -2.54. The fourth-order valence-electron chi connectivity index (χ4n) is 4.30. The van der Waals surface area contributed by atoms with E-state index in [4.69, 9.17) is 9.73 Å². The van der Waals surface area contributed by atoms with Crippen LogP contribution in [0.2, 0.25) is 0 Å². The second kappa shape index (κ2) is 9.98. The van der Waals surface area contributed by atoms with E-state index < -0.39 is 0 Å². The van der Waals surface area contributed by atoms with Crippen LogP contribution in [0.25, 0.3) is 10.9 Å². The van der Waals surface area contributed by atoms with Crippen LogP contribution in [0, 0.1) is 0 Å². The number of nitrogens with one attached hydrogen (secondary N) is 1. The molecular formula is C23H33N5O2. The standard InChI is InChI=1S/C23H33N5O2/c1-2-24-23(25-11-6-12-26-13-10-19-7-3-4-8-20(19)26)28-16-14-27(15-17-28)22(29)21-9-5-18-30-21/h3-4,7-8,10,13,21H,2,5-6,9,11-12,14-18H2,1H3,(H,24,25). The van der Waals surface area contributed by atoms with Crippen LogP contribution in [-0.4, -0.2) is 78.2 Å². The number of guanidine groups is 1. The summed E-state index contributed by atoms with van der Waals surface area (Å²) < 4.78 is 7.86. The molecule has 1 aromatic carbocycles. The zero-order valence-corrected chi connectivity index (χ0v) is 17.9. The third-order valence-corrected chi connectivity index (χ3v) is 5.93. The van der Waals surface area contributed by atoms with Crippen LogP contribution in [0.1, 0.15) is 26.2 Å². The minimum absolute atomic E-state index is 0.160. The van der Waals surface area contributed by atoms with Crippen LogP contribution in [0.5, 0.6) is 0 Å². The van der Waals surface area contributed by atoms with Gasteiger partial charge in [-0.2, -0.15) is 0 Å². The van der Waals surface area contributed by atoms with Gasteiger partial charge in [0.2, 0.25) is 0 Å². The van der Waals surface area contributed by atoms with Crippen molar-refractivity contribution in [2.24, 2.45) is 4.99 Å². The Kier molecular flexibility index (Phi) is 6.89. The maximum Gasteiger partial charge on any atom is 0.251 e. The van der Waals surface area contributed by atoms with E-state index in [0.717, 1.165) is 71.0 Å². The van der Waals surface area contributed by atoms with Crippen molar-refractivity contribution in [2.75, 3.05) is 45.9 Å². The molecule has 0 bridgehead atoms. The molecule has 1 N–H and O–H groups in total. The molecule has 1 amide bonds. The normalized spacial score (nSPS) is 20.2. The first-order valence-electron chi connectivity index (χ1n) is 11.2. The molecule has 1 aromatic heterocycles. The molecule has 2 aliphatic rings. The van der Waals surface area contributed by atoms with E-state index in [-0.39, 0.29) is 12.0 Å². The molecule has 30 heavy (non-hydrogen) atoms. The Morgan fingerprint density at radius 2 is 1.97 bits per heavy atom. The SMILES string of the molecule is CCNC(=NCCCn1ccc2ccccc21)N1CCN(C(=O)C2CCCO2)CC1. The Labute approximate surface area is 178 Å². The predicted molar refractivity (Wildman–Crippen MR) is 120 cm³/mol. The second-order valence-electron chi connectivity index (χ2n) is 7.97. The van der Waals surface area contributed by atoms with Gasteiger partial charge in [-0.05, 0) is 43.7 Å². The summed E-state index contributed by atoms with van der Waals surface area (Å²) in [6.07, 6.45) is 4.78. The largest absolute Gasteiger partial charge is 0.368 e. The third kappa shape index (κ3) is 4.78. The molecule has 0 saturated carbocycles. The minimum Gasteiger partial charge on any atom is -0.368 e. The van der Waals surface area contributed by atoms with Crippen molar-refractivity contribution in [2.45, 2.75) is 38.8 Å². The fourth-order valence-corrected chi connectivity index (χ4v) is 4.30. The summed E-state index contributed by atoms with van der Waals surface area (Å²) in [5.74, 6) is 1.12. The van der Waals surface area contributed by atoms with Gasteiger partial charge in [-0.25, -0.2) is 0 Å². The number of hydrogen-bond acceptors (Lipinski definition) is 3. The average Bonchev–Trinajstić information content (AvgIpc) is 3.46. The van der Waals surface area contributed by atoms with Crippen molar-refractivity contribution in [3.8, 4) is 0 Å². The van der Waals surface area contributed by atoms with Gasteiger partial charge in [0, 0.05) is 64.1 Å². The summed E-state index contributed by atoms with van der Waals surface area (Å²) in [5.41, 5.74) is 1.28. The number of piperazine rings is 1. The van der Waals surface area contributed by atoms with Crippen molar-refractivity contribution in [3.05, 3.63) is 36.5 Å². The lowest BCUT2D eigenvalue weighted by Crippen LogP contribution is -2.55. The average molecular weight is 412 g/mol. The number of aliphatic imine (C=N–C) groups is 1. The van der Waals surface area contributed by atoms with Gasteiger partial charge in [-0.15, -0.1) is 0 Å². The summed E-state index contributed by atoms with van der Waals surface area (Å²) in [6, 6.07) is 10.6. The van der Waals surface area contributed by atoms with Gasteiger partial charge in [0.05, 0.1) is 0 Å². The van der Waals surface area contributed by atoms with Gasteiger partial charge in [0.25, 0.3) is 5.91 Å². The van der Waals surface area contributed by atoms with E-state index in [9.17, 15) is 4.79 Å². The number of benzene rings is 1. The van der Waals surface area contributed by atoms with Gasteiger partial charge in [0.1, 0.15) is 6.10 Å². The molecule has 3 heterocycles. The molecule has 2 saturated heterocycles. The van der Waals surface area contributed by atoms with Crippen LogP contribution < -0.4 is 5.32 Å². The first kappa shape index (κ1) is 20.7. The summed E-state index contributed by atoms with van der Waals surface area (Å²) in [6.45, 7) is 8.49. The molecule has 162 valence electrons. The van der Waals surface area contributed by atoms with E-state index in [1.54, 1.807) is 0 Å². The summed E-state index contributed by atoms with van der Waals surface area (Å²) in [4.78, 5) is 21.6. The smallest absolute Gasteiger partial charge is 0.251 e. The molecule has 1 atom stereocenters. The lowest BCUT2D eigenvalue weighted by atomic mass is 10.2. The molecule has 1 unspecified atom stereocenters. The number of carbonyl (C=O) groups excluding carboxylic acids is 1. The second-order valence-corrected chi connectivity index (χ2v) is 7.97. The van der Waals surface area contributed by atoms with E-state index in [1.807, 2.05) is 4.90 Å². The van der Waals surface area contributed by atoms with Crippen molar-refractivity contribution in [1.29, 1.82) is 0 Å². The lowest BCUT2D eigenvalue weighted by Gasteiger charge is -2.37. The molecule has 0 aliphatic carbocycles. The quantitative estimate of drug-likeness (QED) is 0.450. The van der Waals surface area contributed by atoms with Crippen LogP contribution in [0.4, 0.5) is 0 Å². The maximum atomic E-state index is 12.6. The molecule has 2 aliphatic heterocycles. The number of aromatic nitrogens is 1. The monoisotopic (exact) mass is 411 g/mol. The molecular weight excluding hydrogens is 378 g/mol. The Morgan fingerprint density at radius 1 is 1.17 bits per heavy atom. The molecule has 7 nitrogen and oxygen atoms in total. The molecule has 2 aromatic rings. The zero-order valence-electron chi connectivity index (χ0n) is 17.9. The van der Waals surface area contributed by atoms with Gasteiger partial charge < -0.3 is 24.4 Å². The van der Waals surface area contributed by atoms with Crippen LogP contribution in [-0.2, 0) is 16.1 Å². The highest BCUT2D eigenvalue weighted by Gasteiger charge is 2.30. The van der Waals surface area contributed by atoms with E-state index in [2.05, 4.69) is 58.2 Å². The maximum absolute atomic E-state index is 12.6.